The quantitative estimate of drug-likeness (QED) is 0.919. The number of hydrogen-bond donors (Lipinski definition) is 1. The summed E-state index contributed by atoms with van der Waals surface area (Å²) in [5.74, 6) is 0.647. The molecule has 1 fully saturated rings. The number of rotatable bonds is 3. The Balaban J connectivity index is 2.28. The average Bonchev–Trinajstić information content (AvgIpc) is 2.63. The van der Waals surface area contributed by atoms with Crippen LogP contribution in [-0.4, -0.2) is 19.6 Å². The first-order chi connectivity index (χ1) is 9.91. The molecule has 0 radical (unpaired) electrons. The summed E-state index contributed by atoms with van der Waals surface area (Å²) in [4.78, 5) is 2.07. The molecule has 2 N–H and O–H groups in total. The van der Waals surface area contributed by atoms with Gasteiger partial charge in [0.15, 0.2) is 0 Å². The molecule has 1 saturated heterocycles. The highest BCUT2D eigenvalue weighted by atomic mass is 19.4. The minimum Gasteiger partial charge on any atom is -0.372 e. The standard InChI is InChI=1S/C16H23F3N2/c1-12-3-2-9-21(10-7-12)14-5-4-13(6-8-20)15(11-14)16(17,18)19/h4-5,11-12H,2-3,6-10,20H2,1H3. The summed E-state index contributed by atoms with van der Waals surface area (Å²) in [6, 6.07) is 4.68. The Labute approximate surface area is 124 Å². The number of halogens is 3. The normalized spacial score (nSPS) is 20.4. The van der Waals surface area contributed by atoms with Gasteiger partial charge in [-0.15, -0.1) is 0 Å². The lowest BCUT2D eigenvalue weighted by molar-refractivity contribution is -0.138. The molecule has 1 atom stereocenters. The van der Waals surface area contributed by atoms with E-state index in [1.807, 2.05) is 0 Å². The third-order valence-electron chi connectivity index (χ3n) is 4.19. The number of hydrogen-bond acceptors (Lipinski definition) is 2. The molecule has 21 heavy (non-hydrogen) atoms. The maximum atomic E-state index is 13.2. The van der Waals surface area contributed by atoms with E-state index in [9.17, 15) is 13.2 Å². The topological polar surface area (TPSA) is 29.3 Å². The Morgan fingerprint density at radius 3 is 2.67 bits per heavy atom. The second-order valence-electron chi connectivity index (χ2n) is 5.90. The molecule has 1 aromatic carbocycles. The van der Waals surface area contributed by atoms with Crippen molar-refractivity contribution < 1.29 is 13.2 Å². The van der Waals surface area contributed by atoms with Gasteiger partial charge in [0, 0.05) is 18.8 Å². The molecule has 2 rings (SSSR count). The Bertz CT molecular complexity index is 471. The van der Waals surface area contributed by atoms with Crippen molar-refractivity contribution in [3.05, 3.63) is 29.3 Å². The molecule has 1 aliphatic heterocycles. The molecule has 0 aromatic heterocycles. The first-order valence-electron chi connectivity index (χ1n) is 7.57. The summed E-state index contributed by atoms with van der Waals surface area (Å²) in [5, 5.41) is 0. The summed E-state index contributed by atoms with van der Waals surface area (Å²) in [7, 11) is 0. The Kier molecular flexibility index (Phi) is 5.14. The third-order valence-corrected chi connectivity index (χ3v) is 4.19. The molecule has 1 unspecified atom stereocenters. The first-order valence-corrected chi connectivity index (χ1v) is 7.57. The van der Waals surface area contributed by atoms with Crippen LogP contribution in [-0.2, 0) is 12.6 Å². The fourth-order valence-corrected chi connectivity index (χ4v) is 2.92. The summed E-state index contributed by atoms with van der Waals surface area (Å²) in [6.45, 7) is 4.09. The van der Waals surface area contributed by atoms with Gasteiger partial charge in [0.1, 0.15) is 0 Å². The molecule has 2 nitrogen and oxygen atoms in total. The van der Waals surface area contributed by atoms with Crippen LogP contribution < -0.4 is 10.6 Å². The largest absolute Gasteiger partial charge is 0.416 e. The van der Waals surface area contributed by atoms with Gasteiger partial charge in [0.05, 0.1) is 5.56 Å². The van der Waals surface area contributed by atoms with Crippen molar-refractivity contribution in [2.24, 2.45) is 11.7 Å². The van der Waals surface area contributed by atoms with Crippen molar-refractivity contribution in [3.8, 4) is 0 Å². The summed E-state index contributed by atoms with van der Waals surface area (Å²) in [6.07, 6.45) is -0.849. The zero-order valence-corrected chi connectivity index (χ0v) is 12.4. The highest BCUT2D eigenvalue weighted by molar-refractivity contribution is 5.52. The fraction of sp³-hybridized carbons (Fsp3) is 0.625. The molecule has 5 heteroatoms. The van der Waals surface area contributed by atoms with Gasteiger partial charge in [-0.3, -0.25) is 0 Å². The minimum atomic E-state index is -4.32. The van der Waals surface area contributed by atoms with E-state index < -0.39 is 11.7 Å². The lowest BCUT2D eigenvalue weighted by Crippen LogP contribution is -2.25. The van der Waals surface area contributed by atoms with E-state index in [2.05, 4.69) is 11.8 Å². The fourth-order valence-electron chi connectivity index (χ4n) is 2.92. The molecule has 0 aliphatic carbocycles. The van der Waals surface area contributed by atoms with Crippen LogP contribution in [0.1, 0.15) is 37.3 Å². The second kappa shape index (κ2) is 6.69. The molecule has 0 bridgehead atoms. The molecule has 1 heterocycles. The number of alkyl halides is 3. The van der Waals surface area contributed by atoms with Crippen molar-refractivity contribution in [1.29, 1.82) is 0 Å². The third kappa shape index (κ3) is 4.13. The molecule has 0 spiro atoms. The maximum absolute atomic E-state index is 13.2. The number of benzene rings is 1. The highest BCUT2D eigenvalue weighted by Gasteiger charge is 2.33. The SMILES string of the molecule is CC1CCCN(c2ccc(CCN)c(C(F)(F)F)c2)CC1. The number of anilines is 1. The van der Waals surface area contributed by atoms with E-state index in [4.69, 9.17) is 5.73 Å². The van der Waals surface area contributed by atoms with E-state index >= 15 is 0 Å². The zero-order chi connectivity index (χ0) is 15.5. The van der Waals surface area contributed by atoms with Crippen LogP contribution in [0.3, 0.4) is 0 Å². The van der Waals surface area contributed by atoms with Gasteiger partial charge >= 0.3 is 6.18 Å². The van der Waals surface area contributed by atoms with Crippen molar-refractivity contribution in [3.63, 3.8) is 0 Å². The van der Waals surface area contributed by atoms with Crippen LogP contribution >= 0.6 is 0 Å². The predicted molar refractivity (Wildman–Crippen MR) is 79.4 cm³/mol. The summed E-state index contributed by atoms with van der Waals surface area (Å²) < 4.78 is 39.6. The van der Waals surface area contributed by atoms with Crippen LogP contribution in [0.5, 0.6) is 0 Å². The van der Waals surface area contributed by atoms with Gasteiger partial charge in [-0.1, -0.05) is 13.0 Å². The van der Waals surface area contributed by atoms with E-state index in [0.717, 1.165) is 32.4 Å². The first kappa shape index (κ1) is 16.1. The summed E-state index contributed by atoms with van der Waals surface area (Å²) in [5.41, 5.74) is 5.84. The highest BCUT2D eigenvalue weighted by Crippen LogP contribution is 2.35. The molecule has 118 valence electrons. The van der Waals surface area contributed by atoms with Crippen molar-refractivity contribution in [2.45, 2.75) is 38.8 Å². The van der Waals surface area contributed by atoms with Gasteiger partial charge in [-0.25, -0.2) is 0 Å². The lowest BCUT2D eigenvalue weighted by atomic mass is 10.0. The van der Waals surface area contributed by atoms with Crippen LogP contribution in [0.25, 0.3) is 0 Å². The van der Waals surface area contributed by atoms with Crippen LogP contribution in [0.2, 0.25) is 0 Å². The van der Waals surface area contributed by atoms with Crippen molar-refractivity contribution in [2.75, 3.05) is 24.5 Å². The van der Waals surface area contributed by atoms with Crippen LogP contribution in [0, 0.1) is 5.92 Å². The molecule has 1 aromatic rings. The molecule has 0 amide bonds. The molecular weight excluding hydrogens is 277 g/mol. The van der Waals surface area contributed by atoms with Gasteiger partial charge in [-0.05, 0) is 55.8 Å². The smallest absolute Gasteiger partial charge is 0.372 e. The second-order valence-corrected chi connectivity index (χ2v) is 5.90. The lowest BCUT2D eigenvalue weighted by Gasteiger charge is -2.25. The monoisotopic (exact) mass is 300 g/mol. The van der Waals surface area contributed by atoms with Crippen LogP contribution in [0.15, 0.2) is 18.2 Å². The molecular formula is C16H23F3N2. The maximum Gasteiger partial charge on any atom is 0.416 e. The van der Waals surface area contributed by atoms with Crippen molar-refractivity contribution >= 4 is 5.69 Å². The van der Waals surface area contributed by atoms with Gasteiger partial charge in [0.2, 0.25) is 0 Å². The Morgan fingerprint density at radius 2 is 2.00 bits per heavy atom. The number of nitrogens with zero attached hydrogens (tertiary/aromatic N) is 1. The van der Waals surface area contributed by atoms with Gasteiger partial charge in [-0.2, -0.15) is 13.2 Å². The van der Waals surface area contributed by atoms with Gasteiger partial charge in [0.25, 0.3) is 0 Å². The van der Waals surface area contributed by atoms with E-state index in [1.54, 1.807) is 12.1 Å². The van der Waals surface area contributed by atoms with E-state index in [0.29, 0.717) is 11.6 Å². The Hall–Kier alpha value is -1.23. The molecule has 1 aliphatic rings. The minimum absolute atomic E-state index is 0.226. The van der Waals surface area contributed by atoms with E-state index in [-0.39, 0.29) is 18.5 Å². The zero-order valence-electron chi connectivity index (χ0n) is 12.4. The van der Waals surface area contributed by atoms with E-state index in [1.165, 1.54) is 6.07 Å². The predicted octanol–water partition coefficient (Wildman–Crippen LogP) is 3.83. The van der Waals surface area contributed by atoms with Crippen molar-refractivity contribution in [1.82, 2.24) is 0 Å². The summed E-state index contributed by atoms with van der Waals surface area (Å²) >= 11 is 0. The molecule has 0 saturated carbocycles. The van der Waals surface area contributed by atoms with Gasteiger partial charge < -0.3 is 10.6 Å². The van der Waals surface area contributed by atoms with Crippen LogP contribution in [0.4, 0.5) is 18.9 Å². The average molecular weight is 300 g/mol. The Morgan fingerprint density at radius 1 is 1.24 bits per heavy atom. The number of nitrogens with two attached hydrogens (primary N) is 1.